The number of amides is 1. The first-order chi connectivity index (χ1) is 13.6. The number of hydrogen-bond acceptors (Lipinski definition) is 7. The third kappa shape index (κ3) is 4.26. The molecule has 1 aromatic carbocycles. The molecular weight excluding hydrogens is 372 g/mol. The van der Waals surface area contributed by atoms with Crippen LogP contribution < -0.4 is 9.64 Å². The minimum Gasteiger partial charge on any atom is -0.467 e. The van der Waals surface area contributed by atoms with E-state index >= 15 is 0 Å². The highest BCUT2D eigenvalue weighted by molar-refractivity contribution is 6.01. The molecule has 0 radical (unpaired) electrons. The maximum Gasteiger partial charge on any atom is 0.410 e. The Morgan fingerprint density at radius 1 is 1.21 bits per heavy atom. The van der Waals surface area contributed by atoms with Gasteiger partial charge in [-0.15, -0.1) is 0 Å². The Balaban J connectivity index is 1.92. The lowest BCUT2D eigenvalue weighted by molar-refractivity contribution is 0.00567. The maximum atomic E-state index is 12.7. The number of nitrogens with zero attached hydrogens (tertiary/aromatic N) is 4. The van der Waals surface area contributed by atoms with E-state index < -0.39 is 5.60 Å². The second-order valence-corrected chi connectivity index (χ2v) is 8.40. The van der Waals surface area contributed by atoms with Crippen molar-refractivity contribution in [3.05, 3.63) is 23.9 Å². The molecular formula is C21H28N4O4. The molecule has 0 bridgehead atoms. The lowest BCUT2D eigenvalue weighted by Crippen LogP contribution is -2.59. The second-order valence-electron chi connectivity index (χ2n) is 8.40. The number of hydrogen-bond donors (Lipinski definition) is 0. The average Bonchev–Trinajstić information content (AvgIpc) is 2.64. The molecule has 1 aliphatic rings. The zero-order valence-electron chi connectivity index (χ0n) is 17.8. The van der Waals surface area contributed by atoms with Crippen molar-refractivity contribution < 1.29 is 19.1 Å². The fraction of sp³-hybridized carbons (Fsp3) is 0.524. The smallest absolute Gasteiger partial charge is 0.410 e. The van der Waals surface area contributed by atoms with Gasteiger partial charge in [0.2, 0.25) is 0 Å². The van der Waals surface area contributed by atoms with Crippen molar-refractivity contribution in [3.8, 4) is 6.01 Å². The standard InChI is InChI=1S/C21H28N4O4/c1-13-10-24(11-14(2)25(13)20(27)29-21(3,4)5)17-8-7-15(12-26)18-16(17)9-22-19(23-18)28-6/h7-9,12-14H,10-11H2,1-6H3. The van der Waals surface area contributed by atoms with Gasteiger partial charge in [0.05, 0.1) is 24.7 Å². The number of ether oxygens (including phenoxy) is 2. The van der Waals surface area contributed by atoms with Crippen molar-refractivity contribution >= 4 is 29.0 Å². The van der Waals surface area contributed by atoms with Gasteiger partial charge >= 0.3 is 12.1 Å². The minimum atomic E-state index is -0.537. The highest BCUT2D eigenvalue weighted by Crippen LogP contribution is 2.31. The molecule has 156 valence electrons. The van der Waals surface area contributed by atoms with Crippen LogP contribution in [0.25, 0.3) is 10.9 Å². The van der Waals surface area contributed by atoms with E-state index in [4.69, 9.17) is 9.47 Å². The summed E-state index contributed by atoms with van der Waals surface area (Å²) in [5, 5.41) is 0.778. The summed E-state index contributed by atoms with van der Waals surface area (Å²) in [5.74, 6) is 0. The zero-order chi connectivity index (χ0) is 21.3. The molecule has 1 amide bonds. The van der Waals surface area contributed by atoms with Crippen LogP contribution in [0.1, 0.15) is 45.0 Å². The van der Waals surface area contributed by atoms with Gasteiger partial charge in [-0.2, -0.15) is 4.98 Å². The van der Waals surface area contributed by atoms with E-state index in [2.05, 4.69) is 14.9 Å². The summed E-state index contributed by atoms with van der Waals surface area (Å²) in [7, 11) is 1.49. The van der Waals surface area contributed by atoms with Crippen molar-refractivity contribution in [1.29, 1.82) is 0 Å². The minimum absolute atomic E-state index is 0.0476. The number of benzene rings is 1. The topological polar surface area (TPSA) is 84.9 Å². The molecule has 1 fully saturated rings. The molecule has 2 atom stereocenters. The van der Waals surface area contributed by atoms with E-state index in [0.717, 1.165) is 17.4 Å². The second kappa shape index (κ2) is 7.85. The molecule has 0 saturated carbocycles. The third-order valence-corrected chi connectivity index (χ3v) is 4.91. The van der Waals surface area contributed by atoms with Crippen molar-refractivity contribution in [1.82, 2.24) is 14.9 Å². The van der Waals surface area contributed by atoms with E-state index in [1.165, 1.54) is 7.11 Å². The summed E-state index contributed by atoms with van der Waals surface area (Å²) in [5.41, 5.74) is 1.43. The lowest BCUT2D eigenvalue weighted by Gasteiger charge is -2.45. The molecule has 0 aliphatic carbocycles. The Labute approximate surface area is 170 Å². The Kier molecular flexibility index (Phi) is 5.64. The van der Waals surface area contributed by atoms with E-state index in [1.54, 1.807) is 17.2 Å². The Morgan fingerprint density at radius 2 is 1.86 bits per heavy atom. The van der Waals surface area contributed by atoms with Crippen molar-refractivity contribution in [2.45, 2.75) is 52.3 Å². The molecule has 2 heterocycles. The summed E-state index contributed by atoms with van der Waals surface area (Å²) < 4.78 is 10.7. The largest absolute Gasteiger partial charge is 0.467 e. The summed E-state index contributed by atoms with van der Waals surface area (Å²) in [6.45, 7) is 10.9. The fourth-order valence-corrected chi connectivity index (χ4v) is 3.77. The number of methoxy groups -OCH3 is 1. The number of aromatic nitrogens is 2. The first-order valence-electron chi connectivity index (χ1n) is 9.69. The van der Waals surface area contributed by atoms with Gasteiger partial charge in [0, 0.05) is 35.9 Å². The van der Waals surface area contributed by atoms with Crippen LogP contribution >= 0.6 is 0 Å². The van der Waals surface area contributed by atoms with Gasteiger partial charge in [0.15, 0.2) is 6.29 Å². The highest BCUT2D eigenvalue weighted by atomic mass is 16.6. The van der Waals surface area contributed by atoms with Crippen LogP contribution in [0, 0.1) is 0 Å². The molecule has 1 aliphatic heterocycles. The average molecular weight is 400 g/mol. The molecule has 2 aromatic rings. The van der Waals surface area contributed by atoms with Gasteiger partial charge in [-0.05, 0) is 46.8 Å². The van der Waals surface area contributed by atoms with E-state index in [-0.39, 0.29) is 24.2 Å². The zero-order valence-corrected chi connectivity index (χ0v) is 17.8. The molecule has 8 heteroatoms. The number of carbonyl (C=O) groups excluding carboxylic acids is 2. The predicted molar refractivity (Wildman–Crippen MR) is 111 cm³/mol. The summed E-state index contributed by atoms with van der Waals surface area (Å²) in [6, 6.07) is 3.79. The Morgan fingerprint density at radius 3 is 2.41 bits per heavy atom. The number of carbonyl (C=O) groups is 2. The first kappa shape index (κ1) is 20.8. The summed E-state index contributed by atoms with van der Waals surface area (Å²) in [4.78, 5) is 36.7. The Hall–Kier alpha value is -2.90. The van der Waals surface area contributed by atoms with Gasteiger partial charge in [-0.1, -0.05) is 0 Å². The lowest BCUT2D eigenvalue weighted by atomic mass is 10.0. The number of aldehydes is 1. The summed E-state index contributed by atoms with van der Waals surface area (Å²) >= 11 is 0. The number of fused-ring (bicyclic) bond motifs is 1. The maximum absolute atomic E-state index is 12.7. The van der Waals surface area contributed by atoms with E-state index in [9.17, 15) is 9.59 Å². The van der Waals surface area contributed by atoms with Crippen LogP contribution in [0.4, 0.5) is 10.5 Å². The summed E-state index contributed by atoms with van der Waals surface area (Å²) in [6.07, 6.45) is 2.16. The fourth-order valence-electron chi connectivity index (χ4n) is 3.77. The quantitative estimate of drug-likeness (QED) is 0.731. The third-order valence-electron chi connectivity index (χ3n) is 4.91. The molecule has 0 N–H and O–H groups in total. The monoisotopic (exact) mass is 400 g/mol. The van der Waals surface area contributed by atoms with Gasteiger partial charge in [0.25, 0.3) is 0 Å². The number of anilines is 1. The van der Waals surface area contributed by atoms with E-state index in [0.29, 0.717) is 24.2 Å². The SMILES string of the molecule is COc1ncc2c(N3CC(C)N(C(=O)OC(C)(C)C)C(C)C3)ccc(C=O)c2n1. The number of piperazine rings is 1. The normalized spacial score (nSPS) is 19.9. The molecule has 29 heavy (non-hydrogen) atoms. The molecule has 8 nitrogen and oxygen atoms in total. The van der Waals surface area contributed by atoms with Crippen LogP contribution in [0.15, 0.2) is 18.3 Å². The molecule has 0 spiro atoms. The van der Waals surface area contributed by atoms with Gasteiger partial charge in [-0.3, -0.25) is 9.69 Å². The molecule has 1 saturated heterocycles. The van der Waals surface area contributed by atoms with Gasteiger partial charge in [-0.25, -0.2) is 9.78 Å². The van der Waals surface area contributed by atoms with Gasteiger partial charge in [0.1, 0.15) is 5.60 Å². The highest BCUT2D eigenvalue weighted by Gasteiger charge is 2.36. The predicted octanol–water partition coefficient (Wildman–Crippen LogP) is 3.29. The van der Waals surface area contributed by atoms with Crippen LogP contribution in [0.5, 0.6) is 6.01 Å². The van der Waals surface area contributed by atoms with Crippen molar-refractivity contribution in [2.75, 3.05) is 25.1 Å². The molecule has 1 aromatic heterocycles. The van der Waals surface area contributed by atoms with Crippen LogP contribution in [-0.2, 0) is 4.74 Å². The molecule has 2 unspecified atom stereocenters. The van der Waals surface area contributed by atoms with Crippen molar-refractivity contribution in [3.63, 3.8) is 0 Å². The molecule has 3 rings (SSSR count). The number of rotatable bonds is 3. The van der Waals surface area contributed by atoms with Crippen molar-refractivity contribution in [2.24, 2.45) is 0 Å². The van der Waals surface area contributed by atoms with Crippen LogP contribution in [0.3, 0.4) is 0 Å². The van der Waals surface area contributed by atoms with E-state index in [1.807, 2.05) is 40.7 Å². The van der Waals surface area contributed by atoms with Crippen LogP contribution in [-0.4, -0.2) is 65.1 Å². The van der Waals surface area contributed by atoms with Crippen LogP contribution in [0.2, 0.25) is 0 Å². The Bertz CT molecular complexity index is 913. The first-order valence-corrected chi connectivity index (χ1v) is 9.69. The van der Waals surface area contributed by atoms with Gasteiger partial charge < -0.3 is 14.4 Å².